The summed E-state index contributed by atoms with van der Waals surface area (Å²) in [5.74, 6) is -0.935. The van der Waals surface area contributed by atoms with Gasteiger partial charge >= 0.3 is 5.97 Å². The monoisotopic (exact) mass is 364 g/mol. The number of carbonyl (C=O) groups is 1. The lowest BCUT2D eigenvalue weighted by Crippen LogP contribution is -2.39. The van der Waals surface area contributed by atoms with Gasteiger partial charge in [-0.2, -0.15) is 0 Å². The van der Waals surface area contributed by atoms with Crippen LogP contribution in [0, 0.1) is 24.5 Å². The van der Waals surface area contributed by atoms with Gasteiger partial charge in [0.1, 0.15) is 17.4 Å². The molecule has 140 valence electrons. The van der Waals surface area contributed by atoms with E-state index in [9.17, 15) is 13.6 Å². The van der Waals surface area contributed by atoms with Gasteiger partial charge in [0, 0.05) is 19.2 Å². The number of rotatable bonds is 5. The number of hydrogen-bond acceptors (Lipinski definition) is 5. The Morgan fingerprint density at radius 1 is 1.42 bits per heavy atom. The van der Waals surface area contributed by atoms with Crippen LogP contribution in [0.3, 0.4) is 0 Å². The number of ether oxygens (including phenoxy) is 1. The van der Waals surface area contributed by atoms with Crippen LogP contribution in [-0.2, 0) is 16.1 Å². The van der Waals surface area contributed by atoms with Crippen molar-refractivity contribution in [2.75, 3.05) is 19.7 Å². The number of halogens is 2. The van der Waals surface area contributed by atoms with Gasteiger partial charge in [-0.05, 0) is 45.4 Å². The van der Waals surface area contributed by atoms with Gasteiger partial charge in [0.05, 0.1) is 23.8 Å². The number of aryl methyl sites for hydroxylation is 1. The number of likely N-dealkylation sites (tertiary alicyclic amines) is 1. The van der Waals surface area contributed by atoms with Crippen molar-refractivity contribution in [3.8, 4) is 11.5 Å². The van der Waals surface area contributed by atoms with Gasteiger partial charge in [0.2, 0.25) is 5.89 Å². The molecule has 1 saturated heterocycles. The van der Waals surface area contributed by atoms with E-state index in [1.165, 1.54) is 12.1 Å². The first kappa shape index (κ1) is 18.5. The summed E-state index contributed by atoms with van der Waals surface area (Å²) in [7, 11) is 0. The number of aromatic nitrogens is 1. The predicted octanol–water partition coefficient (Wildman–Crippen LogP) is 3.70. The molecule has 26 heavy (non-hydrogen) atoms. The number of piperidine rings is 1. The zero-order valence-corrected chi connectivity index (χ0v) is 14.9. The molecule has 0 N–H and O–H groups in total. The third-order valence-electron chi connectivity index (χ3n) is 4.55. The van der Waals surface area contributed by atoms with Crippen LogP contribution in [-0.4, -0.2) is 35.5 Å². The lowest BCUT2D eigenvalue weighted by Gasteiger charge is -2.30. The minimum atomic E-state index is -0.710. The van der Waals surface area contributed by atoms with Gasteiger partial charge in [0.15, 0.2) is 0 Å². The Bertz CT molecular complexity index is 791. The van der Waals surface area contributed by atoms with E-state index in [1.54, 1.807) is 13.8 Å². The molecule has 1 aliphatic heterocycles. The van der Waals surface area contributed by atoms with Crippen LogP contribution in [0.2, 0.25) is 0 Å². The fraction of sp³-hybridized carbons (Fsp3) is 0.474. The Balaban J connectivity index is 1.72. The Morgan fingerprint density at radius 2 is 2.23 bits per heavy atom. The van der Waals surface area contributed by atoms with Crippen LogP contribution in [0.4, 0.5) is 8.78 Å². The van der Waals surface area contributed by atoms with E-state index in [4.69, 9.17) is 9.15 Å². The first-order chi connectivity index (χ1) is 12.5. The molecular weight excluding hydrogens is 342 g/mol. The summed E-state index contributed by atoms with van der Waals surface area (Å²) in [4.78, 5) is 18.5. The Morgan fingerprint density at radius 3 is 2.96 bits per heavy atom. The van der Waals surface area contributed by atoms with Crippen molar-refractivity contribution < 1.29 is 22.7 Å². The Labute approximate surface area is 151 Å². The number of nitrogens with zero attached hydrogens (tertiary/aromatic N) is 2. The van der Waals surface area contributed by atoms with E-state index in [1.807, 2.05) is 0 Å². The van der Waals surface area contributed by atoms with Crippen LogP contribution in [0.1, 0.15) is 31.2 Å². The van der Waals surface area contributed by atoms with Crippen LogP contribution in [0.5, 0.6) is 0 Å². The van der Waals surface area contributed by atoms with E-state index in [0.717, 1.165) is 25.5 Å². The molecule has 0 radical (unpaired) electrons. The molecule has 0 bridgehead atoms. The van der Waals surface area contributed by atoms with E-state index >= 15 is 0 Å². The zero-order valence-electron chi connectivity index (χ0n) is 14.9. The van der Waals surface area contributed by atoms with Gasteiger partial charge in [-0.3, -0.25) is 9.69 Å². The third kappa shape index (κ3) is 4.09. The molecule has 2 heterocycles. The van der Waals surface area contributed by atoms with Crippen LogP contribution >= 0.6 is 0 Å². The number of carbonyl (C=O) groups excluding carboxylic acids is 1. The summed E-state index contributed by atoms with van der Waals surface area (Å²) in [6, 6.07) is 3.30. The Hall–Kier alpha value is -2.28. The van der Waals surface area contributed by atoms with Gasteiger partial charge in [-0.15, -0.1) is 0 Å². The topological polar surface area (TPSA) is 55.6 Å². The lowest BCUT2D eigenvalue weighted by atomic mass is 9.98. The minimum absolute atomic E-state index is 0.129. The highest BCUT2D eigenvalue weighted by molar-refractivity contribution is 5.72. The van der Waals surface area contributed by atoms with Crippen molar-refractivity contribution >= 4 is 5.97 Å². The summed E-state index contributed by atoms with van der Waals surface area (Å²) < 4.78 is 37.7. The first-order valence-corrected chi connectivity index (χ1v) is 8.78. The second-order valence-electron chi connectivity index (χ2n) is 6.47. The van der Waals surface area contributed by atoms with E-state index in [2.05, 4.69) is 9.88 Å². The van der Waals surface area contributed by atoms with Crippen molar-refractivity contribution in [2.45, 2.75) is 33.2 Å². The average molecular weight is 364 g/mol. The summed E-state index contributed by atoms with van der Waals surface area (Å²) in [6.07, 6.45) is 1.72. The summed E-state index contributed by atoms with van der Waals surface area (Å²) in [6.45, 7) is 5.90. The lowest BCUT2D eigenvalue weighted by molar-refractivity contribution is -0.150. The predicted molar refractivity (Wildman–Crippen MR) is 91.2 cm³/mol. The first-order valence-electron chi connectivity index (χ1n) is 8.78. The summed E-state index contributed by atoms with van der Waals surface area (Å²) in [5, 5.41) is 0. The molecule has 1 atom stereocenters. The molecule has 0 saturated carbocycles. The largest absolute Gasteiger partial charge is 0.466 e. The van der Waals surface area contributed by atoms with Gasteiger partial charge < -0.3 is 9.15 Å². The number of hydrogen-bond donors (Lipinski definition) is 0. The van der Waals surface area contributed by atoms with E-state index < -0.39 is 11.6 Å². The SMILES string of the molecule is CCOC(=O)[C@@H]1CCCN(Cc2nc(-c3ccc(F)cc3F)oc2C)C1. The van der Waals surface area contributed by atoms with Crippen molar-refractivity contribution in [2.24, 2.45) is 5.92 Å². The molecule has 7 heteroatoms. The molecule has 0 aliphatic carbocycles. The molecule has 0 spiro atoms. The highest BCUT2D eigenvalue weighted by Gasteiger charge is 2.28. The second kappa shape index (κ2) is 7.95. The fourth-order valence-corrected chi connectivity index (χ4v) is 3.22. The maximum Gasteiger partial charge on any atom is 0.310 e. The maximum atomic E-state index is 13.9. The van der Waals surface area contributed by atoms with Crippen molar-refractivity contribution in [1.29, 1.82) is 0 Å². The molecule has 1 aromatic heterocycles. The van der Waals surface area contributed by atoms with Crippen LogP contribution in [0.15, 0.2) is 22.6 Å². The zero-order chi connectivity index (χ0) is 18.7. The number of oxazole rings is 1. The minimum Gasteiger partial charge on any atom is -0.466 e. The molecule has 1 fully saturated rings. The molecule has 3 rings (SSSR count). The quantitative estimate of drug-likeness (QED) is 0.757. The van der Waals surface area contributed by atoms with Crippen molar-refractivity contribution in [3.63, 3.8) is 0 Å². The molecule has 0 unspecified atom stereocenters. The highest BCUT2D eigenvalue weighted by Crippen LogP contribution is 2.27. The average Bonchev–Trinajstić information content (AvgIpc) is 2.95. The molecular formula is C19H22F2N2O3. The summed E-state index contributed by atoms with van der Waals surface area (Å²) in [5.41, 5.74) is 0.817. The smallest absolute Gasteiger partial charge is 0.310 e. The van der Waals surface area contributed by atoms with Crippen LogP contribution < -0.4 is 0 Å². The molecule has 2 aromatic rings. The van der Waals surface area contributed by atoms with E-state index in [0.29, 0.717) is 31.2 Å². The number of esters is 1. The normalized spacial score (nSPS) is 18.1. The maximum absolute atomic E-state index is 13.9. The summed E-state index contributed by atoms with van der Waals surface area (Å²) >= 11 is 0. The third-order valence-corrected chi connectivity index (χ3v) is 4.55. The van der Waals surface area contributed by atoms with Gasteiger partial charge in [-0.1, -0.05) is 0 Å². The highest BCUT2D eigenvalue weighted by atomic mass is 19.1. The molecule has 5 nitrogen and oxygen atoms in total. The van der Waals surface area contributed by atoms with Gasteiger partial charge in [-0.25, -0.2) is 13.8 Å². The molecule has 1 aliphatic rings. The van der Waals surface area contributed by atoms with Crippen molar-refractivity contribution in [1.82, 2.24) is 9.88 Å². The standard InChI is InChI=1S/C19H22F2N2O3/c1-3-25-19(24)13-5-4-8-23(10-13)11-17-12(2)26-18(22-17)15-7-6-14(20)9-16(15)21/h6-7,9,13H,3-5,8,10-11H2,1-2H3/t13-/m1/s1. The van der Waals surface area contributed by atoms with Gasteiger partial charge in [0.25, 0.3) is 0 Å². The number of benzene rings is 1. The van der Waals surface area contributed by atoms with Crippen molar-refractivity contribution in [3.05, 3.63) is 41.3 Å². The second-order valence-corrected chi connectivity index (χ2v) is 6.47. The molecule has 1 aromatic carbocycles. The Kier molecular flexibility index (Phi) is 5.66. The van der Waals surface area contributed by atoms with Crippen LogP contribution in [0.25, 0.3) is 11.5 Å². The van der Waals surface area contributed by atoms with E-state index in [-0.39, 0.29) is 23.3 Å². The fourth-order valence-electron chi connectivity index (χ4n) is 3.22. The molecule has 0 amide bonds.